The zero-order valence-corrected chi connectivity index (χ0v) is 16.6. The Morgan fingerprint density at radius 2 is 1.83 bits per heavy atom. The van der Waals surface area contributed by atoms with E-state index in [1.807, 2.05) is 0 Å². The molecule has 4 bridgehead atoms. The van der Waals surface area contributed by atoms with E-state index >= 15 is 0 Å². The quantitative estimate of drug-likeness (QED) is 0.480. The molecule has 1 aromatic carbocycles. The molecule has 8 heteroatoms. The molecule has 0 spiro atoms. The van der Waals surface area contributed by atoms with E-state index in [4.69, 9.17) is 15.2 Å². The average Bonchev–Trinajstić information content (AvgIpc) is 2.65. The second-order valence-corrected chi connectivity index (χ2v) is 8.69. The minimum atomic E-state index is -0.563. The standard InChI is InChI=1S/C21H28N4O4/c1-28-18-7-13(2-3-17(18)29-12-19(22)26)11-23-25-20(27)24-21-8-14-4-15(9-21)6-16(5-14)10-21/h2-3,7,11,14-16H,4-6,8-10,12H2,1H3,(H2,22,26)(H2,24,25,27)/b23-11+. The summed E-state index contributed by atoms with van der Waals surface area (Å²) in [5, 5.41) is 7.28. The lowest BCUT2D eigenvalue weighted by Crippen LogP contribution is -2.61. The van der Waals surface area contributed by atoms with E-state index in [1.165, 1.54) is 26.4 Å². The predicted octanol–water partition coefficient (Wildman–Crippen LogP) is 2.16. The van der Waals surface area contributed by atoms with Gasteiger partial charge in [0.25, 0.3) is 5.91 Å². The fraction of sp³-hybridized carbons (Fsp3) is 0.571. The van der Waals surface area contributed by atoms with Crippen molar-refractivity contribution in [3.05, 3.63) is 23.8 Å². The number of benzene rings is 1. The summed E-state index contributed by atoms with van der Waals surface area (Å²) in [6, 6.07) is 4.87. The largest absolute Gasteiger partial charge is 0.493 e. The van der Waals surface area contributed by atoms with Gasteiger partial charge in [0.1, 0.15) is 0 Å². The summed E-state index contributed by atoms with van der Waals surface area (Å²) in [5.74, 6) is 2.62. The number of hydrogen-bond acceptors (Lipinski definition) is 5. The summed E-state index contributed by atoms with van der Waals surface area (Å²) < 4.78 is 10.6. The number of carbonyl (C=O) groups excluding carboxylic acids is 2. The number of carbonyl (C=O) groups is 2. The van der Waals surface area contributed by atoms with Crippen LogP contribution in [0, 0.1) is 17.8 Å². The fourth-order valence-corrected chi connectivity index (χ4v) is 5.73. The minimum absolute atomic E-state index is 0.0447. The van der Waals surface area contributed by atoms with Crippen molar-refractivity contribution in [3.8, 4) is 11.5 Å². The van der Waals surface area contributed by atoms with Crippen LogP contribution >= 0.6 is 0 Å². The maximum Gasteiger partial charge on any atom is 0.335 e. The number of hydrazone groups is 1. The molecule has 0 heterocycles. The van der Waals surface area contributed by atoms with Gasteiger partial charge < -0.3 is 20.5 Å². The van der Waals surface area contributed by atoms with Crippen LogP contribution in [0.2, 0.25) is 0 Å². The van der Waals surface area contributed by atoms with Crippen LogP contribution in [-0.2, 0) is 4.79 Å². The SMILES string of the molecule is COc1cc(/C=N/NC(=O)NC23CC4CC(CC(C4)C2)C3)ccc1OCC(N)=O. The van der Waals surface area contributed by atoms with Crippen LogP contribution in [0.3, 0.4) is 0 Å². The first-order chi connectivity index (χ1) is 13.9. The summed E-state index contributed by atoms with van der Waals surface area (Å²) in [5.41, 5.74) is 8.36. The second kappa shape index (κ2) is 7.93. The molecule has 1 aromatic rings. The van der Waals surface area contributed by atoms with E-state index in [0.717, 1.165) is 42.6 Å². The van der Waals surface area contributed by atoms with Gasteiger partial charge in [0.05, 0.1) is 13.3 Å². The maximum absolute atomic E-state index is 12.4. The van der Waals surface area contributed by atoms with Crippen molar-refractivity contribution in [3.63, 3.8) is 0 Å². The van der Waals surface area contributed by atoms with Gasteiger partial charge in [0.15, 0.2) is 18.1 Å². The molecular weight excluding hydrogens is 372 g/mol. The van der Waals surface area contributed by atoms with Crippen LogP contribution in [0.5, 0.6) is 11.5 Å². The van der Waals surface area contributed by atoms with Crippen molar-refractivity contribution in [2.45, 2.75) is 44.1 Å². The van der Waals surface area contributed by atoms with E-state index in [9.17, 15) is 9.59 Å². The third kappa shape index (κ3) is 4.46. The Morgan fingerprint density at radius 3 is 2.41 bits per heavy atom. The van der Waals surface area contributed by atoms with Gasteiger partial charge in [0, 0.05) is 5.54 Å². The Morgan fingerprint density at radius 1 is 1.17 bits per heavy atom. The van der Waals surface area contributed by atoms with Crippen LogP contribution in [0.25, 0.3) is 0 Å². The van der Waals surface area contributed by atoms with Crippen molar-refractivity contribution in [1.29, 1.82) is 0 Å². The zero-order valence-electron chi connectivity index (χ0n) is 16.6. The van der Waals surface area contributed by atoms with Crippen molar-refractivity contribution in [2.75, 3.05) is 13.7 Å². The molecular formula is C21H28N4O4. The van der Waals surface area contributed by atoms with Gasteiger partial charge in [0.2, 0.25) is 0 Å². The number of amides is 3. The van der Waals surface area contributed by atoms with Gasteiger partial charge in [-0.1, -0.05) is 0 Å². The molecule has 4 N–H and O–H groups in total. The van der Waals surface area contributed by atoms with Crippen molar-refractivity contribution < 1.29 is 19.1 Å². The van der Waals surface area contributed by atoms with Gasteiger partial charge in [-0.2, -0.15) is 5.10 Å². The lowest BCUT2D eigenvalue weighted by molar-refractivity contribution is -0.119. The summed E-state index contributed by atoms with van der Waals surface area (Å²) in [6.45, 7) is -0.226. The molecule has 0 aliphatic heterocycles. The molecule has 5 rings (SSSR count). The first-order valence-electron chi connectivity index (χ1n) is 10.1. The highest BCUT2D eigenvalue weighted by Gasteiger charge is 2.51. The molecule has 0 atom stereocenters. The van der Waals surface area contributed by atoms with Crippen LogP contribution in [0.15, 0.2) is 23.3 Å². The van der Waals surface area contributed by atoms with Gasteiger partial charge in [-0.3, -0.25) is 4.79 Å². The Bertz CT molecular complexity index is 788. The first-order valence-corrected chi connectivity index (χ1v) is 10.1. The number of rotatable bonds is 7. The number of ether oxygens (including phenoxy) is 2. The highest BCUT2D eigenvalue weighted by molar-refractivity contribution is 5.83. The lowest BCUT2D eigenvalue weighted by atomic mass is 9.53. The minimum Gasteiger partial charge on any atom is -0.493 e. The fourth-order valence-electron chi connectivity index (χ4n) is 5.73. The van der Waals surface area contributed by atoms with Crippen molar-refractivity contribution >= 4 is 18.2 Å². The van der Waals surface area contributed by atoms with Gasteiger partial charge >= 0.3 is 6.03 Å². The monoisotopic (exact) mass is 400 g/mol. The number of methoxy groups -OCH3 is 1. The molecule has 0 unspecified atom stereocenters. The summed E-state index contributed by atoms with van der Waals surface area (Å²) in [4.78, 5) is 23.3. The number of nitrogens with zero attached hydrogens (tertiary/aromatic N) is 1. The molecule has 8 nitrogen and oxygen atoms in total. The highest BCUT2D eigenvalue weighted by Crippen LogP contribution is 2.55. The lowest BCUT2D eigenvalue weighted by Gasteiger charge is -2.56. The second-order valence-electron chi connectivity index (χ2n) is 8.69. The molecule has 0 aromatic heterocycles. The van der Waals surface area contributed by atoms with Crippen molar-refractivity contribution in [1.82, 2.24) is 10.7 Å². The predicted molar refractivity (Wildman–Crippen MR) is 108 cm³/mol. The number of primary amides is 1. The van der Waals surface area contributed by atoms with Gasteiger partial charge in [-0.25, -0.2) is 10.2 Å². The van der Waals surface area contributed by atoms with E-state index < -0.39 is 5.91 Å². The Kier molecular flexibility index (Phi) is 5.34. The van der Waals surface area contributed by atoms with E-state index in [-0.39, 0.29) is 18.2 Å². The highest BCUT2D eigenvalue weighted by atomic mass is 16.5. The smallest absolute Gasteiger partial charge is 0.335 e. The molecule has 0 radical (unpaired) electrons. The van der Waals surface area contributed by atoms with Crippen LogP contribution in [0.4, 0.5) is 4.79 Å². The summed E-state index contributed by atoms with van der Waals surface area (Å²) >= 11 is 0. The maximum atomic E-state index is 12.4. The normalized spacial score (nSPS) is 29.6. The average molecular weight is 400 g/mol. The van der Waals surface area contributed by atoms with Gasteiger partial charge in [-0.15, -0.1) is 0 Å². The molecule has 3 amide bonds. The number of urea groups is 1. The Labute approximate surface area is 170 Å². The number of nitrogens with one attached hydrogen (secondary N) is 2. The molecule has 4 fully saturated rings. The molecule has 4 saturated carbocycles. The van der Waals surface area contributed by atoms with E-state index in [2.05, 4.69) is 15.8 Å². The molecule has 4 aliphatic rings. The molecule has 4 aliphatic carbocycles. The van der Waals surface area contributed by atoms with Crippen LogP contribution in [0.1, 0.15) is 44.1 Å². The third-order valence-corrected chi connectivity index (χ3v) is 6.35. The topological polar surface area (TPSA) is 115 Å². The van der Waals surface area contributed by atoms with Crippen LogP contribution < -0.4 is 25.9 Å². The number of hydrogen-bond donors (Lipinski definition) is 3. The summed E-state index contributed by atoms with van der Waals surface area (Å²) in [6.07, 6.45) is 8.84. The molecule has 0 saturated heterocycles. The third-order valence-electron chi connectivity index (χ3n) is 6.35. The Hall–Kier alpha value is -2.77. The summed E-state index contributed by atoms with van der Waals surface area (Å²) in [7, 11) is 1.50. The van der Waals surface area contributed by atoms with Crippen molar-refractivity contribution in [2.24, 2.45) is 28.6 Å². The Balaban J connectivity index is 1.33. The zero-order chi connectivity index (χ0) is 20.4. The van der Waals surface area contributed by atoms with Gasteiger partial charge in [-0.05, 0) is 80.0 Å². The van der Waals surface area contributed by atoms with Crippen LogP contribution in [-0.4, -0.2) is 37.4 Å². The molecule has 29 heavy (non-hydrogen) atoms. The van der Waals surface area contributed by atoms with E-state index in [1.54, 1.807) is 24.4 Å². The molecule has 156 valence electrons. The number of nitrogens with two attached hydrogens (primary N) is 1. The first kappa shape index (κ1) is 19.5. The van der Waals surface area contributed by atoms with E-state index in [0.29, 0.717) is 11.5 Å².